The number of phenolic OH excluding ortho intramolecular Hbond substituents is 1. The lowest BCUT2D eigenvalue weighted by Gasteiger charge is -2.17. The Kier molecular flexibility index (Phi) is 4.72. The molecule has 0 saturated heterocycles. The van der Waals surface area contributed by atoms with Crippen molar-refractivity contribution >= 4 is 23.0 Å². The van der Waals surface area contributed by atoms with Crippen LogP contribution in [0.2, 0.25) is 0 Å². The molecule has 8 nitrogen and oxygen atoms in total. The Bertz CT molecular complexity index is 1070. The van der Waals surface area contributed by atoms with E-state index in [0.29, 0.717) is 5.76 Å². The molecule has 2 aromatic carbocycles. The van der Waals surface area contributed by atoms with E-state index in [9.17, 15) is 19.5 Å². The van der Waals surface area contributed by atoms with E-state index in [4.69, 9.17) is 4.42 Å². The summed E-state index contributed by atoms with van der Waals surface area (Å²) in [4.78, 5) is 37.3. The highest BCUT2D eigenvalue weighted by Gasteiger charge is 2.23. The first-order chi connectivity index (χ1) is 12.8. The Balaban J connectivity index is 1.84. The standard InChI is InChI=1S/C19H19N3O5/c1-10-7-8-11(27-10)9-20-14-15(18(25)17(14)24)21-13-6-4-5-12(16(13)23)19(26)22(2)3/h4-8,20-21,23H,9H2,1-3H3. The van der Waals surface area contributed by atoms with Gasteiger partial charge in [0.05, 0.1) is 17.8 Å². The quantitative estimate of drug-likeness (QED) is 0.450. The smallest absolute Gasteiger partial charge is 0.257 e. The number of furan rings is 1. The molecule has 0 aliphatic rings. The first-order valence-corrected chi connectivity index (χ1v) is 8.22. The molecule has 0 fully saturated rings. The van der Waals surface area contributed by atoms with Gasteiger partial charge in [-0.2, -0.15) is 0 Å². The number of aromatic hydroxyl groups is 1. The van der Waals surface area contributed by atoms with Crippen LogP contribution in [0, 0.1) is 6.92 Å². The number of nitrogens with one attached hydrogen (secondary N) is 2. The van der Waals surface area contributed by atoms with Crippen LogP contribution in [-0.2, 0) is 6.54 Å². The molecular weight excluding hydrogens is 350 g/mol. The van der Waals surface area contributed by atoms with Crippen LogP contribution in [0.15, 0.2) is 44.3 Å². The SMILES string of the molecule is Cc1ccc(CNc2c(Nc3cccc(C(=O)N(C)C)c3O)c(=O)c2=O)o1. The predicted octanol–water partition coefficient (Wildman–Crippen LogP) is 1.95. The molecule has 0 spiro atoms. The van der Waals surface area contributed by atoms with E-state index in [2.05, 4.69) is 10.6 Å². The molecule has 27 heavy (non-hydrogen) atoms. The summed E-state index contributed by atoms with van der Waals surface area (Å²) in [6.07, 6.45) is 0. The van der Waals surface area contributed by atoms with Gasteiger partial charge < -0.3 is 25.1 Å². The zero-order valence-electron chi connectivity index (χ0n) is 15.1. The Morgan fingerprint density at radius 1 is 1.11 bits per heavy atom. The fourth-order valence-electron chi connectivity index (χ4n) is 2.63. The summed E-state index contributed by atoms with van der Waals surface area (Å²) in [7, 11) is 3.13. The predicted molar refractivity (Wildman–Crippen MR) is 102 cm³/mol. The molecule has 140 valence electrons. The van der Waals surface area contributed by atoms with Crippen LogP contribution in [0.3, 0.4) is 0 Å². The zero-order valence-corrected chi connectivity index (χ0v) is 15.1. The molecule has 3 N–H and O–H groups in total. The van der Waals surface area contributed by atoms with Gasteiger partial charge in [0.2, 0.25) is 0 Å². The maximum absolute atomic E-state index is 12.1. The molecule has 8 heteroatoms. The second-order valence-corrected chi connectivity index (χ2v) is 6.30. The van der Waals surface area contributed by atoms with Crippen molar-refractivity contribution in [1.29, 1.82) is 0 Å². The number of benzene rings is 1. The summed E-state index contributed by atoms with van der Waals surface area (Å²) in [6, 6.07) is 8.12. The monoisotopic (exact) mass is 369 g/mol. The number of phenols is 1. The van der Waals surface area contributed by atoms with Gasteiger partial charge in [0, 0.05) is 14.1 Å². The van der Waals surface area contributed by atoms with Gasteiger partial charge in [0.15, 0.2) is 5.75 Å². The van der Waals surface area contributed by atoms with Gasteiger partial charge in [-0.1, -0.05) is 6.07 Å². The van der Waals surface area contributed by atoms with Gasteiger partial charge in [-0.3, -0.25) is 14.4 Å². The summed E-state index contributed by atoms with van der Waals surface area (Å²) in [6.45, 7) is 2.04. The highest BCUT2D eigenvalue weighted by Crippen LogP contribution is 2.32. The van der Waals surface area contributed by atoms with Crippen molar-refractivity contribution in [1.82, 2.24) is 4.90 Å². The summed E-state index contributed by atoms with van der Waals surface area (Å²) in [5.41, 5.74) is -0.959. The van der Waals surface area contributed by atoms with E-state index >= 15 is 0 Å². The van der Waals surface area contributed by atoms with Crippen LogP contribution in [0.25, 0.3) is 0 Å². The number of hydrogen-bond acceptors (Lipinski definition) is 7. The topological polar surface area (TPSA) is 112 Å². The average molecular weight is 369 g/mol. The molecule has 1 aromatic heterocycles. The maximum Gasteiger partial charge on any atom is 0.257 e. The van der Waals surface area contributed by atoms with Crippen molar-refractivity contribution in [2.24, 2.45) is 0 Å². The fourth-order valence-corrected chi connectivity index (χ4v) is 2.63. The Hall–Kier alpha value is -3.55. The number of hydrogen-bond donors (Lipinski definition) is 3. The van der Waals surface area contributed by atoms with Gasteiger partial charge in [-0.25, -0.2) is 0 Å². The summed E-state index contributed by atoms with van der Waals surface area (Å²) in [5, 5.41) is 16.0. The lowest BCUT2D eigenvalue weighted by atomic mass is 10.1. The molecule has 1 heterocycles. The third-order valence-corrected chi connectivity index (χ3v) is 4.08. The highest BCUT2D eigenvalue weighted by atomic mass is 16.3. The van der Waals surface area contributed by atoms with Crippen molar-refractivity contribution < 1.29 is 14.3 Å². The fraction of sp³-hybridized carbons (Fsp3) is 0.211. The number of nitrogens with zero attached hydrogens (tertiary/aromatic N) is 1. The Morgan fingerprint density at radius 2 is 1.81 bits per heavy atom. The normalized spacial score (nSPS) is 10.8. The molecule has 0 aliphatic heterocycles. The molecule has 3 rings (SSSR count). The number of para-hydroxylation sites is 1. The summed E-state index contributed by atoms with van der Waals surface area (Å²) in [5.74, 6) is 0.680. The highest BCUT2D eigenvalue weighted by molar-refractivity contribution is 5.99. The van der Waals surface area contributed by atoms with E-state index in [0.717, 1.165) is 5.76 Å². The van der Waals surface area contributed by atoms with Gasteiger partial charge in [-0.05, 0) is 31.2 Å². The maximum atomic E-state index is 12.1. The van der Waals surface area contributed by atoms with E-state index in [1.165, 1.54) is 17.0 Å². The lowest BCUT2D eigenvalue weighted by molar-refractivity contribution is 0.0824. The molecule has 3 aromatic rings. The van der Waals surface area contributed by atoms with Crippen LogP contribution >= 0.6 is 0 Å². The third kappa shape index (κ3) is 3.41. The number of rotatable bonds is 6. The van der Waals surface area contributed by atoms with Crippen LogP contribution in [-0.4, -0.2) is 30.0 Å². The lowest BCUT2D eigenvalue weighted by Crippen LogP contribution is -2.36. The minimum Gasteiger partial charge on any atom is -0.505 e. The van der Waals surface area contributed by atoms with E-state index in [-0.39, 0.29) is 40.8 Å². The van der Waals surface area contributed by atoms with Crippen LogP contribution in [0.1, 0.15) is 21.9 Å². The van der Waals surface area contributed by atoms with E-state index in [1.807, 2.05) is 0 Å². The van der Waals surface area contributed by atoms with Crippen molar-refractivity contribution in [2.45, 2.75) is 13.5 Å². The van der Waals surface area contributed by atoms with Crippen molar-refractivity contribution in [2.75, 3.05) is 24.7 Å². The molecule has 0 bridgehead atoms. The largest absolute Gasteiger partial charge is 0.505 e. The Morgan fingerprint density at radius 3 is 2.44 bits per heavy atom. The van der Waals surface area contributed by atoms with Gasteiger partial charge in [0.1, 0.15) is 22.9 Å². The number of aryl methyl sites for hydroxylation is 1. The number of carbonyl (C=O) groups excluding carboxylic acids is 1. The molecular formula is C19H19N3O5. The number of anilines is 3. The van der Waals surface area contributed by atoms with Crippen LogP contribution in [0.4, 0.5) is 17.1 Å². The first kappa shape index (κ1) is 18.2. The molecule has 0 saturated carbocycles. The molecule has 0 unspecified atom stereocenters. The first-order valence-electron chi connectivity index (χ1n) is 8.22. The second kappa shape index (κ2) is 6.99. The average Bonchev–Trinajstić information content (AvgIpc) is 3.06. The van der Waals surface area contributed by atoms with Crippen molar-refractivity contribution in [3.05, 3.63) is 67.9 Å². The van der Waals surface area contributed by atoms with Crippen molar-refractivity contribution in [3.63, 3.8) is 0 Å². The van der Waals surface area contributed by atoms with E-state index in [1.54, 1.807) is 39.2 Å². The minimum atomic E-state index is -0.697. The minimum absolute atomic E-state index is 0.0352. The zero-order chi connectivity index (χ0) is 19.7. The number of amides is 1. The van der Waals surface area contributed by atoms with Gasteiger partial charge in [-0.15, -0.1) is 0 Å². The van der Waals surface area contributed by atoms with Gasteiger partial charge in [0.25, 0.3) is 16.8 Å². The van der Waals surface area contributed by atoms with Crippen molar-refractivity contribution in [3.8, 4) is 5.75 Å². The molecule has 0 radical (unpaired) electrons. The Labute approximate surface area is 154 Å². The molecule has 1 amide bonds. The van der Waals surface area contributed by atoms with Crippen LogP contribution in [0.5, 0.6) is 5.75 Å². The van der Waals surface area contributed by atoms with Gasteiger partial charge >= 0.3 is 0 Å². The van der Waals surface area contributed by atoms with Crippen LogP contribution < -0.4 is 21.5 Å². The molecule has 0 aliphatic carbocycles. The number of carbonyl (C=O) groups is 1. The summed E-state index contributed by atoms with van der Waals surface area (Å²) >= 11 is 0. The molecule has 0 atom stereocenters. The summed E-state index contributed by atoms with van der Waals surface area (Å²) < 4.78 is 5.42. The van der Waals surface area contributed by atoms with E-state index < -0.39 is 10.9 Å². The third-order valence-electron chi connectivity index (χ3n) is 4.08. The second-order valence-electron chi connectivity index (χ2n) is 6.30.